The lowest BCUT2D eigenvalue weighted by molar-refractivity contribution is 0.555. The second-order valence-electron chi connectivity index (χ2n) is 6.36. The van der Waals surface area contributed by atoms with E-state index in [1.54, 1.807) is 0 Å². The number of nitrogens with one attached hydrogen (secondary N) is 2. The SMILES string of the molecule is CCCCCCCCCCNCCc1cc2ccccc2[nH]1. The van der Waals surface area contributed by atoms with Crippen molar-refractivity contribution in [2.45, 2.75) is 64.7 Å². The first-order valence-corrected chi connectivity index (χ1v) is 9.17. The summed E-state index contributed by atoms with van der Waals surface area (Å²) in [6.45, 7) is 4.51. The number of fused-ring (bicyclic) bond motifs is 1. The third-order valence-corrected chi connectivity index (χ3v) is 4.36. The lowest BCUT2D eigenvalue weighted by Crippen LogP contribution is -2.18. The van der Waals surface area contributed by atoms with E-state index in [1.165, 1.54) is 68.0 Å². The van der Waals surface area contributed by atoms with Gasteiger partial charge in [0.15, 0.2) is 0 Å². The summed E-state index contributed by atoms with van der Waals surface area (Å²) in [5, 5.41) is 4.89. The summed E-state index contributed by atoms with van der Waals surface area (Å²) in [6.07, 6.45) is 12.2. The molecular weight excluding hydrogens is 268 g/mol. The van der Waals surface area contributed by atoms with Crippen molar-refractivity contribution in [2.75, 3.05) is 13.1 Å². The molecule has 2 N–H and O–H groups in total. The van der Waals surface area contributed by atoms with Gasteiger partial charge >= 0.3 is 0 Å². The summed E-state index contributed by atoms with van der Waals surface area (Å²) < 4.78 is 0. The Morgan fingerprint density at radius 3 is 2.36 bits per heavy atom. The fourth-order valence-electron chi connectivity index (χ4n) is 3.00. The molecule has 0 bridgehead atoms. The minimum atomic E-state index is 1.07. The molecule has 2 rings (SSSR count). The van der Waals surface area contributed by atoms with Gasteiger partial charge in [-0.2, -0.15) is 0 Å². The van der Waals surface area contributed by atoms with Gasteiger partial charge in [-0.3, -0.25) is 0 Å². The molecular formula is C20H32N2. The Hall–Kier alpha value is -1.28. The highest BCUT2D eigenvalue weighted by Gasteiger charge is 1.99. The highest BCUT2D eigenvalue weighted by molar-refractivity contribution is 5.80. The van der Waals surface area contributed by atoms with Crippen molar-refractivity contribution in [3.63, 3.8) is 0 Å². The van der Waals surface area contributed by atoms with Crippen LogP contribution in [0.4, 0.5) is 0 Å². The summed E-state index contributed by atoms with van der Waals surface area (Å²) in [4.78, 5) is 3.49. The first-order valence-electron chi connectivity index (χ1n) is 9.17. The van der Waals surface area contributed by atoms with Crippen LogP contribution in [0, 0.1) is 0 Å². The van der Waals surface area contributed by atoms with Crippen molar-refractivity contribution < 1.29 is 0 Å². The highest BCUT2D eigenvalue weighted by Crippen LogP contribution is 2.14. The molecule has 1 aromatic heterocycles. The molecule has 0 aliphatic rings. The maximum absolute atomic E-state index is 3.57. The zero-order chi connectivity index (χ0) is 15.5. The number of rotatable bonds is 12. The number of aromatic nitrogens is 1. The monoisotopic (exact) mass is 300 g/mol. The first-order chi connectivity index (χ1) is 10.9. The maximum Gasteiger partial charge on any atom is 0.0456 e. The van der Waals surface area contributed by atoms with Crippen LogP contribution in [-0.4, -0.2) is 18.1 Å². The minimum Gasteiger partial charge on any atom is -0.358 e. The van der Waals surface area contributed by atoms with E-state index in [-0.39, 0.29) is 0 Å². The predicted octanol–water partition coefficient (Wildman–Crippen LogP) is 5.44. The van der Waals surface area contributed by atoms with Crippen molar-refractivity contribution in [3.8, 4) is 0 Å². The van der Waals surface area contributed by atoms with Crippen molar-refractivity contribution in [1.82, 2.24) is 10.3 Å². The molecule has 2 heteroatoms. The maximum atomic E-state index is 3.57. The predicted molar refractivity (Wildman–Crippen MR) is 97.5 cm³/mol. The van der Waals surface area contributed by atoms with E-state index in [9.17, 15) is 0 Å². The number of unbranched alkanes of at least 4 members (excludes halogenated alkanes) is 7. The number of hydrogen-bond acceptors (Lipinski definition) is 1. The molecule has 0 atom stereocenters. The Labute approximate surface area is 135 Å². The average molecular weight is 300 g/mol. The number of benzene rings is 1. The number of hydrogen-bond donors (Lipinski definition) is 2. The van der Waals surface area contributed by atoms with Crippen molar-refractivity contribution in [1.29, 1.82) is 0 Å². The molecule has 0 aliphatic heterocycles. The van der Waals surface area contributed by atoms with Gasteiger partial charge in [-0.05, 0) is 36.9 Å². The Bertz CT molecular complexity index is 482. The van der Waals surface area contributed by atoms with Crippen LogP contribution in [-0.2, 0) is 6.42 Å². The van der Waals surface area contributed by atoms with Crippen LogP contribution in [0.15, 0.2) is 30.3 Å². The van der Waals surface area contributed by atoms with Gasteiger partial charge in [0.25, 0.3) is 0 Å². The zero-order valence-electron chi connectivity index (χ0n) is 14.2. The van der Waals surface area contributed by atoms with Crippen molar-refractivity contribution >= 4 is 10.9 Å². The first kappa shape index (κ1) is 17.1. The van der Waals surface area contributed by atoms with Crippen LogP contribution in [0.2, 0.25) is 0 Å². The van der Waals surface area contributed by atoms with Crippen LogP contribution in [0.3, 0.4) is 0 Å². The quantitative estimate of drug-likeness (QED) is 0.502. The number of aromatic amines is 1. The molecule has 0 fully saturated rings. The molecule has 1 aromatic carbocycles. The molecule has 0 saturated carbocycles. The third-order valence-electron chi connectivity index (χ3n) is 4.36. The van der Waals surface area contributed by atoms with E-state index < -0.39 is 0 Å². The van der Waals surface area contributed by atoms with Crippen molar-refractivity contribution in [3.05, 3.63) is 36.0 Å². The second kappa shape index (κ2) is 10.4. The largest absolute Gasteiger partial charge is 0.358 e. The highest BCUT2D eigenvalue weighted by atomic mass is 14.8. The molecule has 0 aliphatic carbocycles. The molecule has 2 aromatic rings. The summed E-state index contributed by atoms with van der Waals surface area (Å²) in [5.74, 6) is 0. The van der Waals surface area contributed by atoms with Gasteiger partial charge in [0.05, 0.1) is 0 Å². The standard InChI is InChI=1S/C20H32N2/c1-2-3-4-5-6-7-8-11-15-21-16-14-19-17-18-12-9-10-13-20(18)22-19/h9-10,12-13,17,21-22H,2-8,11,14-16H2,1H3. The number of H-pyrrole nitrogens is 1. The second-order valence-corrected chi connectivity index (χ2v) is 6.36. The minimum absolute atomic E-state index is 1.07. The van der Waals surface area contributed by atoms with Crippen LogP contribution >= 0.6 is 0 Å². The molecule has 0 unspecified atom stereocenters. The normalized spacial score (nSPS) is 11.3. The Balaban J connectivity index is 1.46. The molecule has 0 radical (unpaired) electrons. The van der Waals surface area contributed by atoms with Crippen LogP contribution in [0.1, 0.15) is 64.0 Å². The van der Waals surface area contributed by atoms with E-state index in [0.29, 0.717) is 0 Å². The third kappa shape index (κ3) is 6.23. The topological polar surface area (TPSA) is 27.8 Å². The molecule has 0 amide bonds. The van der Waals surface area contributed by atoms with Crippen LogP contribution in [0.5, 0.6) is 0 Å². The van der Waals surface area contributed by atoms with E-state index in [4.69, 9.17) is 0 Å². The molecule has 22 heavy (non-hydrogen) atoms. The van der Waals surface area contributed by atoms with Gasteiger partial charge < -0.3 is 10.3 Å². The lowest BCUT2D eigenvalue weighted by Gasteiger charge is -2.04. The summed E-state index contributed by atoms with van der Waals surface area (Å²) in [5.41, 5.74) is 2.59. The molecule has 2 nitrogen and oxygen atoms in total. The van der Waals surface area contributed by atoms with Gasteiger partial charge in [0.1, 0.15) is 0 Å². The van der Waals surface area contributed by atoms with E-state index >= 15 is 0 Å². The van der Waals surface area contributed by atoms with Gasteiger partial charge in [0, 0.05) is 17.8 Å². The number of para-hydroxylation sites is 1. The summed E-state index contributed by atoms with van der Waals surface area (Å²) in [6, 6.07) is 10.8. The summed E-state index contributed by atoms with van der Waals surface area (Å²) >= 11 is 0. The zero-order valence-corrected chi connectivity index (χ0v) is 14.2. The fourth-order valence-corrected chi connectivity index (χ4v) is 3.00. The van der Waals surface area contributed by atoms with E-state index in [2.05, 4.69) is 47.6 Å². The van der Waals surface area contributed by atoms with Gasteiger partial charge in [-0.15, -0.1) is 0 Å². The van der Waals surface area contributed by atoms with Crippen molar-refractivity contribution in [2.24, 2.45) is 0 Å². The Kier molecular flexibility index (Phi) is 8.11. The van der Waals surface area contributed by atoms with Gasteiger partial charge in [-0.1, -0.05) is 70.1 Å². The molecule has 122 valence electrons. The fraction of sp³-hybridized carbons (Fsp3) is 0.600. The Morgan fingerprint density at radius 2 is 1.59 bits per heavy atom. The Morgan fingerprint density at radius 1 is 0.864 bits per heavy atom. The average Bonchev–Trinajstić information content (AvgIpc) is 2.95. The lowest BCUT2D eigenvalue weighted by atomic mass is 10.1. The van der Waals surface area contributed by atoms with Crippen LogP contribution < -0.4 is 5.32 Å². The molecule has 0 saturated heterocycles. The van der Waals surface area contributed by atoms with Gasteiger partial charge in [-0.25, -0.2) is 0 Å². The van der Waals surface area contributed by atoms with E-state index in [0.717, 1.165) is 19.5 Å². The van der Waals surface area contributed by atoms with Gasteiger partial charge in [0.2, 0.25) is 0 Å². The molecule has 1 heterocycles. The summed E-state index contributed by atoms with van der Waals surface area (Å²) in [7, 11) is 0. The molecule has 0 spiro atoms. The smallest absolute Gasteiger partial charge is 0.0456 e. The van der Waals surface area contributed by atoms with E-state index in [1.807, 2.05) is 0 Å². The van der Waals surface area contributed by atoms with Crippen LogP contribution in [0.25, 0.3) is 10.9 Å².